The molecule has 2 rings (SSSR count). The molecule has 1 aliphatic heterocycles. The fraction of sp³-hybridized carbons (Fsp3) is 0.500. The van der Waals surface area contributed by atoms with E-state index in [4.69, 9.17) is 0 Å². The highest BCUT2D eigenvalue weighted by Crippen LogP contribution is 2.13. The van der Waals surface area contributed by atoms with Gasteiger partial charge < -0.3 is 15.5 Å². The summed E-state index contributed by atoms with van der Waals surface area (Å²) < 4.78 is 13.1. The molecule has 1 saturated heterocycles. The maximum Gasteiger partial charge on any atom is 0.322 e. The number of anilines is 1. The zero-order valence-corrected chi connectivity index (χ0v) is 12.1. The van der Waals surface area contributed by atoms with E-state index in [1.165, 1.54) is 12.3 Å². The fourth-order valence-electron chi connectivity index (χ4n) is 2.26. The van der Waals surface area contributed by atoms with Crippen molar-refractivity contribution in [1.82, 2.24) is 15.2 Å². The van der Waals surface area contributed by atoms with Gasteiger partial charge in [-0.15, -0.1) is 0 Å². The van der Waals surface area contributed by atoms with Gasteiger partial charge in [-0.05, 0) is 20.3 Å². The summed E-state index contributed by atoms with van der Waals surface area (Å²) in [5.41, 5.74) is 0.307. The van der Waals surface area contributed by atoms with Crippen LogP contribution in [0, 0.1) is 5.82 Å². The normalized spacial score (nSPS) is 17.7. The van der Waals surface area contributed by atoms with Crippen molar-refractivity contribution < 1.29 is 14.0 Å². The molecule has 0 bridgehead atoms. The first kappa shape index (κ1) is 15.2. The minimum absolute atomic E-state index is 0.0124. The Morgan fingerprint density at radius 1 is 1.57 bits per heavy atom. The lowest BCUT2D eigenvalue weighted by molar-refractivity contribution is -0.119. The van der Waals surface area contributed by atoms with Gasteiger partial charge in [0.25, 0.3) is 0 Å². The maximum atomic E-state index is 13.1. The summed E-state index contributed by atoms with van der Waals surface area (Å²) in [5, 5.41) is 5.46. The minimum Gasteiger partial charge on any atom is -0.352 e. The molecule has 3 amide bonds. The van der Waals surface area contributed by atoms with E-state index in [2.05, 4.69) is 15.6 Å². The van der Waals surface area contributed by atoms with Crippen molar-refractivity contribution in [2.45, 2.75) is 38.8 Å². The molecule has 1 aromatic rings. The number of rotatable bonds is 4. The van der Waals surface area contributed by atoms with Crippen LogP contribution in [0.5, 0.6) is 0 Å². The van der Waals surface area contributed by atoms with Gasteiger partial charge in [-0.2, -0.15) is 0 Å². The van der Waals surface area contributed by atoms with E-state index in [0.717, 1.165) is 12.6 Å². The average Bonchev–Trinajstić information content (AvgIpc) is 2.81. The summed E-state index contributed by atoms with van der Waals surface area (Å²) in [5.74, 6) is -0.495. The molecule has 114 valence electrons. The third-order valence-electron chi connectivity index (χ3n) is 3.34. The lowest BCUT2D eigenvalue weighted by atomic mass is 10.2. The van der Waals surface area contributed by atoms with E-state index < -0.39 is 5.82 Å². The van der Waals surface area contributed by atoms with Gasteiger partial charge in [0.15, 0.2) is 0 Å². The number of pyridine rings is 1. The Balaban J connectivity index is 2.00. The van der Waals surface area contributed by atoms with E-state index in [1.54, 1.807) is 4.90 Å². The quantitative estimate of drug-likeness (QED) is 0.888. The van der Waals surface area contributed by atoms with Crippen molar-refractivity contribution in [3.8, 4) is 0 Å². The van der Waals surface area contributed by atoms with Crippen molar-refractivity contribution >= 4 is 17.6 Å². The summed E-state index contributed by atoms with van der Waals surface area (Å²) in [4.78, 5) is 28.8. The third kappa shape index (κ3) is 4.14. The average molecular weight is 294 g/mol. The summed E-state index contributed by atoms with van der Waals surface area (Å²) in [6.45, 7) is 4.21. The molecule has 6 nitrogen and oxygen atoms in total. The Bertz CT molecular complexity index is 535. The standard InChI is InChI=1S/C14H19FN4O2/c1-9(2)19(8-11-3-4-13(20)17-11)14(21)18-12-5-10(15)6-16-7-12/h5-7,9,11H,3-4,8H2,1-2H3,(H,17,20)(H,18,21). The van der Waals surface area contributed by atoms with Crippen molar-refractivity contribution in [3.63, 3.8) is 0 Å². The number of amides is 3. The summed E-state index contributed by atoms with van der Waals surface area (Å²) in [6.07, 6.45) is 3.67. The molecule has 0 saturated carbocycles. The smallest absolute Gasteiger partial charge is 0.322 e. The topological polar surface area (TPSA) is 74.3 Å². The molecule has 0 aliphatic carbocycles. The molecule has 1 fully saturated rings. The van der Waals surface area contributed by atoms with Crippen LogP contribution in [-0.2, 0) is 4.79 Å². The van der Waals surface area contributed by atoms with Gasteiger partial charge in [0.2, 0.25) is 5.91 Å². The Labute approximate surface area is 122 Å². The van der Waals surface area contributed by atoms with Gasteiger partial charge in [0.1, 0.15) is 5.82 Å². The Morgan fingerprint density at radius 2 is 2.33 bits per heavy atom. The monoisotopic (exact) mass is 294 g/mol. The minimum atomic E-state index is -0.507. The number of hydrogen-bond acceptors (Lipinski definition) is 3. The predicted molar refractivity (Wildman–Crippen MR) is 76.2 cm³/mol. The van der Waals surface area contributed by atoms with Crippen LogP contribution in [-0.4, -0.2) is 40.5 Å². The lowest BCUT2D eigenvalue weighted by Crippen LogP contribution is -2.47. The van der Waals surface area contributed by atoms with E-state index in [-0.39, 0.29) is 24.0 Å². The highest BCUT2D eigenvalue weighted by atomic mass is 19.1. The molecule has 1 aliphatic rings. The highest BCUT2D eigenvalue weighted by molar-refractivity contribution is 5.89. The van der Waals surface area contributed by atoms with E-state index in [9.17, 15) is 14.0 Å². The van der Waals surface area contributed by atoms with Crippen LogP contribution in [0.25, 0.3) is 0 Å². The van der Waals surface area contributed by atoms with Crippen LogP contribution < -0.4 is 10.6 Å². The zero-order chi connectivity index (χ0) is 15.4. The number of carbonyl (C=O) groups is 2. The first-order chi connectivity index (χ1) is 9.95. The van der Waals surface area contributed by atoms with Gasteiger partial charge in [0.05, 0.1) is 18.1 Å². The molecule has 0 spiro atoms. The van der Waals surface area contributed by atoms with Gasteiger partial charge in [-0.3, -0.25) is 9.78 Å². The van der Waals surface area contributed by atoms with Crippen LogP contribution in [0.1, 0.15) is 26.7 Å². The molecular formula is C14H19FN4O2. The van der Waals surface area contributed by atoms with E-state index in [0.29, 0.717) is 18.7 Å². The summed E-state index contributed by atoms with van der Waals surface area (Å²) in [7, 11) is 0. The SMILES string of the molecule is CC(C)N(CC1CCC(=O)N1)C(=O)Nc1cncc(F)c1. The van der Waals surface area contributed by atoms with Gasteiger partial charge >= 0.3 is 6.03 Å². The van der Waals surface area contributed by atoms with Crippen LogP contribution in [0.3, 0.4) is 0 Å². The fourth-order valence-corrected chi connectivity index (χ4v) is 2.26. The van der Waals surface area contributed by atoms with Crippen LogP contribution in [0.15, 0.2) is 18.5 Å². The largest absolute Gasteiger partial charge is 0.352 e. The molecule has 2 N–H and O–H groups in total. The van der Waals surface area contributed by atoms with Crippen molar-refractivity contribution in [2.24, 2.45) is 0 Å². The Morgan fingerprint density at radius 3 is 2.90 bits per heavy atom. The van der Waals surface area contributed by atoms with Gasteiger partial charge in [-0.25, -0.2) is 9.18 Å². The summed E-state index contributed by atoms with van der Waals surface area (Å²) in [6, 6.07) is 0.805. The molecule has 0 radical (unpaired) electrons. The van der Waals surface area contributed by atoms with Crippen LogP contribution >= 0.6 is 0 Å². The van der Waals surface area contributed by atoms with Gasteiger partial charge in [-0.1, -0.05) is 0 Å². The molecule has 1 atom stereocenters. The predicted octanol–water partition coefficient (Wildman–Crippen LogP) is 1.74. The lowest BCUT2D eigenvalue weighted by Gasteiger charge is -2.29. The van der Waals surface area contributed by atoms with Crippen molar-refractivity contribution in [3.05, 3.63) is 24.3 Å². The molecule has 0 aromatic carbocycles. The maximum absolute atomic E-state index is 13.1. The second-order valence-corrected chi connectivity index (χ2v) is 5.37. The van der Waals surface area contributed by atoms with Gasteiger partial charge in [0, 0.05) is 31.1 Å². The molecule has 2 heterocycles. The number of nitrogens with one attached hydrogen (secondary N) is 2. The second-order valence-electron chi connectivity index (χ2n) is 5.37. The van der Waals surface area contributed by atoms with E-state index >= 15 is 0 Å². The number of urea groups is 1. The van der Waals surface area contributed by atoms with Crippen LogP contribution in [0.2, 0.25) is 0 Å². The molecular weight excluding hydrogens is 275 g/mol. The number of carbonyl (C=O) groups excluding carboxylic acids is 2. The number of aromatic nitrogens is 1. The van der Waals surface area contributed by atoms with Crippen LogP contribution in [0.4, 0.5) is 14.9 Å². The highest BCUT2D eigenvalue weighted by Gasteiger charge is 2.26. The van der Waals surface area contributed by atoms with E-state index in [1.807, 2.05) is 13.8 Å². The zero-order valence-electron chi connectivity index (χ0n) is 12.1. The van der Waals surface area contributed by atoms with Crippen molar-refractivity contribution in [2.75, 3.05) is 11.9 Å². The molecule has 1 unspecified atom stereocenters. The third-order valence-corrected chi connectivity index (χ3v) is 3.34. The second kappa shape index (κ2) is 6.51. The number of halogens is 1. The van der Waals surface area contributed by atoms with Crippen molar-refractivity contribution in [1.29, 1.82) is 0 Å². The number of nitrogens with zero attached hydrogens (tertiary/aromatic N) is 2. The molecule has 21 heavy (non-hydrogen) atoms. The Hall–Kier alpha value is -2.18. The first-order valence-corrected chi connectivity index (χ1v) is 6.93. The first-order valence-electron chi connectivity index (χ1n) is 6.93. The number of hydrogen-bond donors (Lipinski definition) is 2. The Kier molecular flexibility index (Phi) is 4.72. The molecule has 7 heteroatoms. The molecule has 1 aromatic heterocycles. The summed E-state index contributed by atoms with van der Waals surface area (Å²) >= 11 is 0.